The van der Waals surface area contributed by atoms with Gasteiger partial charge >= 0.3 is 0 Å². The normalized spacial score (nSPS) is 10.7. The van der Waals surface area contributed by atoms with Crippen molar-refractivity contribution in [3.8, 4) is 0 Å². The van der Waals surface area contributed by atoms with Crippen LogP contribution in [0.25, 0.3) is 22.1 Å². The van der Waals surface area contributed by atoms with E-state index in [0.717, 1.165) is 16.9 Å². The van der Waals surface area contributed by atoms with Crippen molar-refractivity contribution in [1.82, 2.24) is 38.6 Å². The third kappa shape index (κ3) is 6.55. The number of aryl methyl sites for hydroxylation is 2. The SMILES string of the molecule is Cn1c(CCl)nc2cc(F)ccc21.Cn1c(Cn2cncc(N)c2=O)nc2cc(F)ccc21.Nc1cnc[nH]c1=O. The van der Waals surface area contributed by atoms with E-state index in [1.165, 1.54) is 53.9 Å². The Morgan fingerprint density at radius 2 is 1.41 bits per heavy atom. The smallest absolute Gasteiger partial charge is 0.276 e. The van der Waals surface area contributed by atoms with E-state index in [4.69, 9.17) is 23.1 Å². The highest BCUT2D eigenvalue weighted by atomic mass is 35.5. The molecule has 6 aromatic rings. The van der Waals surface area contributed by atoms with Gasteiger partial charge in [-0.2, -0.15) is 0 Å². The van der Waals surface area contributed by atoms with Gasteiger partial charge in [0.2, 0.25) is 0 Å². The zero-order chi connectivity index (χ0) is 29.7. The quantitative estimate of drug-likeness (QED) is 0.268. The number of benzene rings is 2. The first-order valence-corrected chi connectivity index (χ1v) is 12.5. The number of imidazole rings is 2. The van der Waals surface area contributed by atoms with Crippen LogP contribution in [0.15, 0.2) is 71.0 Å². The summed E-state index contributed by atoms with van der Waals surface area (Å²) in [5.74, 6) is 1.10. The van der Waals surface area contributed by atoms with E-state index in [9.17, 15) is 18.4 Å². The Kier molecular flexibility index (Phi) is 8.72. The standard InChI is InChI=1S/C13H12FN5O.C9H8ClFN2.C4H5N3O/c1-18-11-3-2-8(14)4-10(11)17-12(18)6-19-7-16-5-9(15)13(19)20;1-13-8-3-2-6(11)4-7(8)12-9(13)5-10;5-3-1-6-2-7-4(3)8/h2-5,7H,6,15H2,1H3;2-4H,5H2,1H3;1-2H,5H2,(H,6,7,8). The zero-order valence-electron chi connectivity index (χ0n) is 21.9. The number of nitrogens with zero attached hydrogens (tertiary/aromatic N) is 7. The fourth-order valence-electron chi connectivity index (χ4n) is 3.79. The molecule has 15 heteroatoms. The largest absolute Gasteiger partial charge is 0.393 e. The van der Waals surface area contributed by atoms with Crippen molar-refractivity contribution in [2.75, 3.05) is 11.5 Å². The van der Waals surface area contributed by atoms with E-state index in [1.54, 1.807) is 12.1 Å². The van der Waals surface area contributed by atoms with Crippen LogP contribution in [0.1, 0.15) is 11.6 Å². The lowest BCUT2D eigenvalue weighted by atomic mass is 10.3. The number of alkyl halides is 1. The molecule has 4 heterocycles. The molecule has 41 heavy (non-hydrogen) atoms. The molecule has 6 rings (SSSR count). The Morgan fingerprint density at radius 3 is 1.95 bits per heavy atom. The summed E-state index contributed by atoms with van der Waals surface area (Å²) in [6.45, 7) is 0.226. The van der Waals surface area contributed by atoms with Gasteiger partial charge in [-0.05, 0) is 24.3 Å². The van der Waals surface area contributed by atoms with Gasteiger partial charge in [-0.15, -0.1) is 11.6 Å². The summed E-state index contributed by atoms with van der Waals surface area (Å²) in [6.07, 6.45) is 5.30. The van der Waals surface area contributed by atoms with E-state index in [1.807, 2.05) is 23.2 Å². The van der Waals surface area contributed by atoms with Crippen molar-refractivity contribution < 1.29 is 8.78 Å². The summed E-state index contributed by atoms with van der Waals surface area (Å²) < 4.78 is 31.0. The predicted octanol–water partition coefficient (Wildman–Crippen LogP) is 2.70. The summed E-state index contributed by atoms with van der Waals surface area (Å²) >= 11 is 5.67. The number of nitrogens with one attached hydrogen (secondary N) is 1. The van der Waals surface area contributed by atoms with Crippen molar-refractivity contribution in [3.63, 3.8) is 0 Å². The summed E-state index contributed by atoms with van der Waals surface area (Å²) in [7, 11) is 3.68. The van der Waals surface area contributed by atoms with Gasteiger partial charge in [-0.1, -0.05) is 0 Å². The van der Waals surface area contributed by atoms with Gasteiger partial charge in [-0.3, -0.25) is 14.2 Å². The number of hydrogen-bond acceptors (Lipinski definition) is 8. The fraction of sp³-hybridized carbons (Fsp3) is 0.154. The predicted molar refractivity (Wildman–Crippen MR) is 152 cm³/mol. The number of halogens is 3. The van der Waals surface area contributed by atoms with Gasteiger partial charge in [-0.25, -0.2) is 28.7 Å². The third-order valence-electron chi connectivity index (χ3n) is 5.98. The highest BCUT2D eigenvalue weighted by Gasteiger charge is 2.11. The number of nitrogen functional groups attached to an aromatic ring is 2. The third-order valence-corrected chi connectivity index (χ3v) is 6.21. The number of hydrogen-bond donors (Lipinski definition) is 3. The summed E-state index contributed by atoms with van der Waals surface area (Å²) in [5, 5.41) is 0. The Labute approximate surface area is 235 Å². The first kappa shape index (κ1) is 28.9. The lowest BCUT2D eigenvalue weighted by Gasteiger charge is -2.05. The van der Waals surface area contributed by atoms with E-state index in [-0.39, 0.29) is 40.7 Å². The minimum atomic E-state index is -0.343. The van der Waals surface area contributed by atoms with Crippen LogP contribution in [-0.2, 0) is 26.5 Å². The van der Waals surface area contributed by atoms with E-state index >= 15 is 0 Å². The number of rotatable bonds is 3. The Morgan fingerprint density at radius 1 is 0.854 bits per heavy atom. The first-order valence-electron chi connectivity index (χ1n) is 11.9. The molecular weight excluding hydrogens is 558 g/mol. The number of nitrogens with two attached hydrogens (primary N) is 2. The highest BCUT2D eigenvalue weighted by Crippen LogP contribution is 2.17. The van der Waals surface area contributed by atoms with Crippen molar-refractivity contribution in [2.24, 2.45) is 14.1 Å². The molecule has 212 valence electrons. The van der Waals surface area contributed by atoms with Crippen LogP contribution >= 0.6 is 11.6 Å². The van der Waals surface area contributed by atoms with E-state index < -0.39 is 0 Å². The molecule has 2 aromatic carbocycles. The molecule has 0 saturated carbocycles. The van der Waals surface area contributed by atoms with Crippen molar-refractivity contribution in [3.05, 3.63) is 105 Å². The second-order valence-corrected chi connectivity index (χ2v) is 8.96. The first-order chi connectivity index (χ1) is 19.6. The molecule has 0 aliphatic rings. The summed E-state index contributed by atoms with van der Waals surface area (Å²) in [6, 6.07) is 8.92. The van der Waals surface area contributed by atoms with Crippen LogP contribution in [0.2, 0.25) is 0 Å². The van der Waals surface area contributed by atoms with Crippen molar-refractivity contribution in [2.45, 2.75) is 12.4 Å². The van der Waals surface area contributed by atoms with Crippen molar-refractivity contribution in [1.29, 1.82) is 0 Å². The molecular formula is C26H25ClF2N10O2. The minimum absolute atomic E-state index is 0.0808. The molecule has 0 aliphatic carbocycles. The monoisotopic (exact) mass is 582 g/mol. The molecule has 0 aliphatic heterocycles. The number of aromatic amines is 1. The lowest BCUT2D eigenvalue weighted by Crippen LogP contribution is -2.24. The topological polar surface area (TPSA) is 168 Å². The number of H-pyrrole nitrogens is 1. The van der Waals surface area contributed by atoms with Gasteiger partial charge < -0.3 is 25.6 Å². The molecule has 0 atom stereocenters. The number of anilines is 2. The van der Waals surface area contributed by atoms with E-state index in [0.29, 0.717) is 22.7 Å². The van der Waals surface area contributed by atoms with Crippen molar-refractivity contribution >= 4 is 45.0 Å². The fourth-order valence-corrected chi connectivity index (χ4v) is 4.03. The molecule has 0 bridgehead atoms. The van der Waals surface area contributed by atoms with Gasteiger partial charge in [0.25, 0.3) is 11.1 Å². The molecule has 12 nitrogen and oxygen atoms in total. The molecule has 0 amide bonds. The maximum atomic E-state index is 13.2. The van der Waals surface area contributed by atoms with Crippen LogP contribution in [-0.4, -0.2) is 38.6 Å². The van der Waals surface area contributed by atoms with Crippen LogP contribution in [0.4, 0.5) is 20.2 Å². The maximum Gasteiger partial charge on any atom is 0.276 e. The lowest BCUT2D eigenvalue weighted by molar-refractivity contribution is 0.629. The highest BCUT2D eigenvalue weighted by molar-refractivity contribution is 6.16. The zero-order valence-corrected chi connectivity index (χ0v) is 22.7. The summed E-state index contributed by atoms with van der Waals surface area (Å²) in [5.41, 5.74) is 13.2. The molecule has 0 fully saturated rings. The van der Waals surface area contributed by atoms with Crippen LogP contribution in [0.5, 0.6) is 0 Å². The Balaban J connectivity index is 0.000000158. The molecule has 4 aromatic heterocycles. The average molecular weight is 583 g/mol. The van der Waals surface area contributed by atoms with Crippen LogP contribution in [0, 0.1) is 11.6 Å². The van der Waals surface area contributed by atoms with Crippen LogP contribution < -0.4 is 22.6 Å². The second kappa shape index (κ2) is 12.4. The summed E-state index contributed by atoms with van der Waals surface area (Å²) in [4.78, 5) is 40.5. The van der Waals surface area contributed by atoms with Gasteiger partial charge in [0.05, 0.1) is 59.5 Å². The molecule has 0 spiro atoms. The Hall–Kier alpha value is -5.11. The maximum absolute atomic E-state index is 13.2. The minimum Gasteiger partial charge on any atom is -0.393 e. The van der Waals surface area contributed by atoms with Crippen LogP contribution in [0.3, 0.4) is 0 Å². The number of aromatic nitrogens is 8. The van der Waals surface area contributed by atoms with E-state index in [2.05, 4.69) is 24.9 Å². The van der Waals surface area contributed by atoms with Gasteiger partial charge in [0.1, 0.15) is 34.7 Å². The molecule has 0 radical (unpaired) electrons. The van der Waals surface area contributed by atoms with Gasteiger partial charge in [0.15, 0.2) is 0 Å². The number of fused-ring (bicyclic) bond motifs is 2. The Bertz CT molecular complexity index is 1950. The van der Waals surface area contributed by atoms with Gasteiger partial charge in [0, 0.05) is 26.2 Å². The molecule has 0 unspecified atom stereocenters. The molecule has 0 saturated heterocycles. The molecule has 5 N–H and O–H groups in total. The average Bonchev–Trinajstić information content (AvgIpc) is 3.43. The second-order valence-electron chi connectivity index (χ2n) is 8.69.